The Morgan fingerprint density at radius 2 is 1.74 bits per heavy atom. The molecule has 1 aromatic heterocycles. The summed E-state index contributed by atoms with van der Waals surface area (Å²) in [5, 5.41) is 7.05. The summed E-state index contributed by atoms with van der Waals surface area (Å²) in [6.45, 7) is 0.586. The quantitative estimate of drug-likeness (QED) is 0.266. The maximum Gasteiger partial charge on any atom is 0.203 e. The minimum atomic E-state index is 0.586. The van der Waals surface area contributed by atoms with Gasteiger partial charge in [-0.15, -0.1) is 11.3 Å². The van der Waals surface area contributed by atoms with Gasteiger partial charge in [0.1, 0.15) is 0 Å². The van der Waals surface area contributed by atoms with Crippen molar-refractivity contribution in [2.45, 2.75) is 6.42 Å². The number of rotatable bonds is 9. The lowest BCUT2D eigenvalue weighted by Gasteiger charge is -2.11. The molecule has 0 bridgehead atoms. The summed E-state index contributed by atoms with van der Waals surface area (Å²) in [5.41, 5.74) is 7.16. The van der Waals surface area contributed by atoms with Crippen molar-refractivity contribution < 1.29 is 9.47 Å². The highest BCUT2D eigenvalue weighted by Gasteiger charge is 2.06. The average molecular weight is 430 g/mol. The Hall–Kier alpha value is -3.64. The molecule has 0 unspecified atom stereocenters. The van der Waals surface area contributed by atoms with Gasteiger partial charge in [0.2, 0.25) is 5.13 Å². The van der Waals surface area contributed by atoms with Gasteiger partial charge in [0.25, 0.3) is 0 Å². The number of benzene rings is 3. The smallest absolute Gasteiger partial charge is 0.203 e. The number of nitrogens with zero attached hydrogens (tertiary/aromatic N) is 2. The van der Waals surface area contributed by atoms with E-state index in [2.05, 4.69) is 27.6 Å². The zero-order chi connectivity index (χ0) is 21.3. The van der Waals surface area contributed by atoms with Crippen LogP contribution in [-0.2, 0) is 6.42 Å². The number of hydrazone groups is 1. The molecule has 3 aromatic carbocycles. The van der Waals surface area contributed by atoms with Crippen molar-refractivity contribution in [1.82, 2.24) is 4.98 Å². The Morgan fingerprint density at radius 1 is 0.968 bits per heavy atom. The molecule has 31 heavy (non-hydrogen) atoms. The van der Waals surface area contributed by atoms with Gasteiger partial charge < -0.3 is 9.47 Å². The Balaban J connectivity index is 1.34. The average Bonchev–Trinajstić information content (AvgIpc) is 3.30. The van der Waals surface area contributed by atoms with E-state index in [-0.39, 0.29) is 0 Å². The number of methoxy groups -OCH3 is 1. The van der Waals surface area contributed by atoms with Crippen LogP contribution in [0.1, 0.15) is 11.1 Å². The fraction of sp³-hybridized carbons (Fsp3) is 0.120. The van der Waals surface area contributed by atoms with Crippen molar-refractivity contribution in [2.24, 2.45) is 5.10 Å². The van der Waals surface area contributed by atoms with Crippen LogP contribution in [0.4, 0.5) is 5.13 Å². The van der Waals surface area contributed by atoms with Gasteiger partial charge in [0, 0.05) is 17.4 Å². The summed E-state index contributed by atoms with van der Waals surface area (Å²) in [6, 6.07) is 26.1. The van der Waals surface area contributed by atoms with Crippen LogP contribution in [-0.4, -0.2) is 24.9 Å². The molecule has 0 saturated heterocycles. The van der Waals surface area contributed by atoms with Crippen molar-refractivity contribution in [3.05, 3.63) is 95.4 Å². The molecule has 0 aliphatic carbocycles. The predicted molar refractivity (Wildman–Crippen MR) is 127 cm³/mol. The second-order valence-electron chi connectivity index (χ2n) is 6.77. The lowest BCUT2D eigenvalue weighted by Crippen LogP contribution is -2.03. The first-order valence-corrected chi connectivity index (χ1v) is 10.8. The number of thiazole rings is 1. The van der Waals surface area contributed by atoms with E-state index in [1.54, 1.807) is 13.3 Å². The van der Waals surface area contributed by atoms with Crippen LogP contribution in [0, 0.1) is 0 Å². The summed E-state index contributed by atoms with van der Waals surface area (Å²) < 4.78 is 11.4. The molecule has 156 valence electrons. The maximum atomic E-state index is 5.91. The molecule has 0 spiro atoms. The van der Waals surface area contributed by atoms with Gasteiger partial charge in [-0.2, -0.15) is 5.10 Å². The number of anilines is 1. The Morgan fingerprint density at radius 3 is 2.52 bits per heavy atom. The van der Waals surface area contributed by atoms with Crippen molar-refractivity contribution >= 4 is 22.7 Å². The summed E-state index contributed by atoms with van der Waals surface area (Å²) >= 11 is 1.52. The first kappa shape index (κ1) is 20.6. The molecule has 0 fully saturated rings. The topological polar surface area (TPSA) is 55.7 Å². The first-order valence-electron chi connectivity index (χ1n) is 9.96. The van der Waals surface area contributed by atoms with Crippen LogP contribution in [0.2, 0.25) is 0 Å². The van der Waals surface area contributed by atoms with Gasteiger partial charge in [-0.1, -0.05) is 60.7 Å². The standard InChI is InChI=1S/C25H23N3O2S/c1-29-24-16-20(12-13-23(24)30-15-14-19-8-4-2-5-9-19)17-26-28-25-27-22(18-31-25)21-10-6-3-7-11-21/h2-13,16-18H,14-15H2,1H3,(H,27,28). The Labute approximate surface area is 186 Å². The van der Waals surface area contributed by atoms with E-state index in [4.69, 9.17) is 9.47 Å². The highest BCUT2D eigenvalue weighted by Crippen LogP contribution is 2.28. The first-order chi connectivity index (χ1) is 15.3. The molecular weight excluding hydrogens is 406 g/mol. The van der Waals surface area contributed by atoms with Crippen molar-refractivity contribution in [1.29, 1.82) is 0 Å². The van der Waals surface area contributed by atoms with Crippen molar-refractivity contribution in [3.8, 4) is 22.8 Å². The minimum absolute atomic E-state index is 0.586. The Kier molecular flexibility index (Phi) is 6.92. The number of hydrogen-bond acceptors (Lipinski definition) is 6. The SMILES string of the molecule is COc1cc(C=NNc2nc(-c3ccccc3)cs2)ccc1OCCc1ccccc1. The number of ether oxygens (including phenoxy) is 2. The molecule has 1 heterocycles. The van der Waals surface area contributed by atoms with E-state index in [9.17, 15) is 0 Å². The molecular formula is C25H23N3O2S. The molecule has 4 rings (SSSR count). The van der Waals surface area contributed by atoms with Crippen LogP contribution in [0.5, 0.6) is 11.5 Å². The van der Waals surface area contributed by atoms with E-state index in [0.717, 1.165) is 34.1 Å². The molecule has 1 N–H and O–H groups in total. The van der Waals surface area contributed by atoms with E-state index in [1.165, 1.54) is 16.9 Å². The van der Waals surface area contributed by atoms with E-state index in [0.29, 0.717) is 12.4 Å². The maximum absolute atomic E-state index is 5.91. The Bertz CT molecular complexity index is 1130. The lowest BCUT2D eigenvalue weighted by atomic mass is 10.2. The van der Waals surface area contributed by atoms with Crippen LogP contribution in [0.3, 0.4) is 0 Å². The van der Waals surface area contributed by atoms with Crippen molar-refractivity contribution in [3.63, 3.8) is 0 Å². The minimum Gasteiger partial charge on any atom is -0.493 e. The fourth-order valence-corrected chi connectivity index (χ4v) is 3.70. The van der Waals surface area contributed by atoms with Crippen LogP contribution < -0.4 is 14.9 Å². The zero-order valence-electron chi connectivity index (χ0n) is 17.2. The van der Waals surface area contributed by atoms with E-state index in [1.807, 2.05) is 72.1 Å². The fourth-order valence-electron chi connectivity index (χ4n) is 3.04. The van der Waals surface area contributed by atoms with Crippen LogP contribution >= 0.6 is 11.3 Å². The van der Waals surface area contributed by atoms with Gasteiger partial charge in [-0.05, 0) is 29.3 Å². The van der Waals surface area contributed by atoms with Crippen LogP contribution in [0.25, 0.3) is 11.3 Å². The molecule has 5 nitrogen and oxygen atoms in total. The highest BCUT2D eigenvalue weighted by molar-refractivity contribution is 7.14. The third kappa shape index (κ3) is 5.71. The third-order valence-corrected chi connectivity index (χ3v) is 5.37. The lowest BCUT2D eigenvalue weighted by molar-refractivity contribution is 0.297. The van der Waals surface area contributed by atoms with Crippen molar-refractivity contribution in [2.75, 3.05) is 19.1 Å². The van der Waals surface area contributed by atoms with E-state index < -0.39 is 0 Å². The molecule has 0 saturated carbocycles. The number of nitrogens with one attached hydrogen (secondary N) is 1. The summed E-state index contributed by atoms with van der Waals surface area (Å²) in [4.78, 5) is 4.57. The second kappa shape index (κ2) is 10.4. The van der Waals surface area contributed by atoms with E-state index >= 15 is 0 Å². The predicted octanol–water partition coefficient (Wildman–Crippen LogP) is 5.89. The van der Waals surface area contributed by atoms with Gasteiger partial charge in [-0.3, -0.25) is 5.43 Å². The van der Waals surface area contributed by atoms with Gasteiger partial charge in [-0.25, -0.2) is 4.98 Å². The van der Waals surface area contributed by atoms with Gasteiger partial charge in [0.15, 0.2) is 11.5 Å². The summed E-state index contributed by atoms with van der Waals surface area (Å²) in [7, 11) is 1.64. The zero-order valence-corrected chi connectivity index (χ0v) is 18.0. The number of hydrogen-bond donors (Lipinski definition) is 1. The number of aromatic nitrogens is 1. The normalized spacial score (nSPS) is 10.9. The molecule has 0 amide bonds. The van der Waals surface area contributed by atoms with Gasteiger partial charge >= 0.3 is 0 Å². The summed E-state index contributed by atoms with van der Waals surface area (Å²) in [5.74, 6) is 1.40. The molecule has 4 aromatic rings. The molecule has 0 atom stereocenters. The molecule has 0 radical (unpaired) electrons. The molecule has 0 aliphatic heterocycles. The highest BCUT2D eigenvalue weighted by atomic mass is 32.1. The molecule has 0 aliphatic rings. The second-order valence-corrected chi connectivity index (χ2v) is 7.63. The third-order valence-electron chi connectivity index (χ3n) is 4.63. The molecule has 6 heteroatoms. The summed E-state index contributed by atoms with van der Waals surface area (Å²) in [6.07, 6.45) is 2.58. The van der Waals surface area contributed by atoms with Gasteiger partial charge in [0.05, 0.1) is 25.6 Å². The van der Waals surface area contributed by atoms with Crippen LogP contribution in [0.15, 0.2) is 89.3 Å². The largest absolute Gasteiger partial charge is 0.493 e. The monoisotopic (exact) mass is 429 g/mol.